The molecular formula is C9H6N2S3. The second-order valence-corrected chi connectivity index (χ2v) is 5.40. The molecule has 0 N–H and O–H groups in total. The van der Waals surface area contributed by atoms with Gasteiger partial charge in [-0.3, -0.25) is 0 Å². The molecule has 0 radical (unpaired) electrons. The Morgan fingerprint density at radius 3 is 3.00 bits per heavy atom. The molecular weight excluding hydrogens is 232 g/mol. The van der Waals surface area contributed by atoms with Crippen LogP contribution in [-0.2, 0) is 0 Å². The van der Waals surface area contributed by atoms with Gasteiger partial charge in [0.05, 0.1) is 10.2 Å². The predicted molar refractivity (Wildman–Crippen MR) is 64.6 cm³/mol. The number of hydrogen-bond acceptors (Lipinski definition) is 5. The van der Waals surface area contributed by atoms with Crippen LogP contribution < -0.4 is 0 Å². The van der Waals surface area contributed by atoms with Crippen LogP contribution in [0.4, 0.5) is 0 Å². The zero-order valence-electron chi connectivity index (χ0n) is 7.04. The summed E-state index contributed by atoms with van der Waals surface area (Å²) in [6.07, 6.45) is 0. The van der Waals surface area contributed by atoms with Gasteiger partial charge in [-0.2, -0.15) is 17.9 Å². The highest BCUT2D eigenvalue weighted by atomic mass is 32.2. The number of para-hydroxylation sites is 1. The molecule has 1 aromatic carbocycles. The van der Waals surface area contributed by atoms with Gasteiger partial charge >= 0.3 is 0 Å². The summed E-state index contributed by atoms with van der Waals surface area (Å²) in [4.78, 5) is 4.40. The van der Waals surface area contributed by atoms with Gasteiger partial charge in [-0.25, -0.2) is 4.98 Å². The highest BCUT2D eigenvalue weighted by Gasteiger charge is 2.12. The molecule has 5 heteroatoms. The van der Waals surface area contributed by atoms with Crippen molar-refractivity contribution < 1.29 is 0 Å². The van der Waals surface area contributed by atoms with Crippen molar-refractivity contribution in [1.82, 2.24) is 4.98 Å². The molecule has 70 valence electrons. The Morgan fingerprint density at radius 1 is 1.50 bits per heavy atom. The van der Waals surface area contributed by atoms with Crippen molar-refractivity contribution in [3.63, 3.8) is 0 Å². The van der Waals surface area contributed by atoms with E-state index in [1.54, 1.807) is 11.3 Å². The van der Waals surface area contributed by atoms with Crippen LogP contribution in [0.15, 0.2) is 24.3 Å². The van der Waals surface area contributed by atoms with Crippen molar-refractivity contribution in [1.29, 1.82) is 5.26 Å². The number of thioether (sulfide) groups is 1. The summed E-state index contributed by atoms with van der Waals surface area (Å²) in [6.45, 7) is 0. The van der Waals surface area contributed by atoms with Crippen molar-refractivity contribution in [2.24, 2.45) is 0 Å². The molecule has 2 nitrogen and oxygen atoms in total. The molecule has 0 spiro atoms. The summed E-state index contributed by atoms with van der Waals surface area (Å²) in [5, 5.41) is 11.4. The van der Waals surface area contributed by atoms with Crippen LogP contribution in [0.5, 0.6) is 0 Å². The summed E-state index contributed by atoms with van der Waals surface area (Å²) >= 11 is 7.00. The Hall–Kier alpha value is -0.700. The summed E-state index contributed by atoms with van der Waals surface area (Å²) in [7, 11) is 0. The smallest absolute Gasteiger partial charge is 0.134 e. The van der Waals surface area contributed by atoms with E-state index in [0.29, 0.717) is 0 Å². The Morgan fingerprint density at radius 2 is 2.29 bits per heavy atom. The molecule has 0 saturated heterocycles. The molecule has 1 heterocycles. The lowest BCUT2D eigenvalue weighted by molar-refractivity contribution is 1.30. The number of thiocyanates is 1. The van der Waals surface area contributed by atoms with Gasteiger partial charge in [-0.15, -0.1) is 11.3 Å². The van der Waals surface area contributed by atoms with Crippen LogP contribution in [0.25, 0.3) is 10.2 Å². The number of aromatic nitrogens is 1. The summed E-state index contributed by atoms with van der Waals surface area (Å²) in [5.41, 5.74) is 0.977. The van der Waals surface area contributed by atoms with Crippen LogP contribution in [0.3, 0.4) is 0 Å². The molecule has 0 bridgehead atoms. The van der Waals surface area contributed by atoms with Crippen LogP contribution in [0.1, 0.15) is 9.59 Å². The highest BCUT2D eigenvalue weighted by molar-refractivity contribution is 8.12. The molecule has 0 saturated carbocycles. The first kappa shape index (κ1) is 9.84. The molecule has 1 unspecified atom stereocenters. The van der Waals surface area contributed by atoms with Gasteiger partial charge in [0.1, 0.15) is 15.0 Å². The number of rotatable bonds is 2. The maximum absolute atomic E-state index is 8.51. The van der Waals surface area contributed by atoms with Gasteiger partial charge in [0.2, 0.25) is 0 Å². The quantitative estimate of drug-likeness (QED) is 0.494. The molecule has 0 aliphatic heterocycles. The van der Waals surface area contributed by atoms with Crippen molar-refractivity contribution >= 4 is 45.9 Å². The van der Waals surface area contributed by atoms with E-state index in [9.17, 15) is 0 Å². The number of nitrogens with zero attached hydrogens (tertiary/aromatic N) is 2. The van der Waals surface area contributed by atoms with E-state index in [-0.39, 0.29) is 4.58 Å². The topological polar surface area (TPSA) is 36.7 Å². The molecule has 0 fully saturated rings. The molecule has 0 aliphatic carbocycles. The second-order valence-electron chi connectivity index (χ2n) is 2.58. The fourth-order valence-corrected chi connectivity index (χ4v) is 2.83. The molecule has 2 aromatic rings. The number of benzene rings is 1. The average molecular weight is 238 g/mol. The van der Waals surface area contributed by atoms with E-state index in [4.69, 9.17) is 5.26 Å². The minimum Gasteiger partial charge on any atom is -0.239 e. The second kappa shape index (κ2) is 4.22. The zero-order valence-corrected chi connectivity index (χ0v) is 9.57. The minimum absolute atomic E-state index is 0.141. The summed E-state index contributed by atoms with van der Waals surface area (Å²) < 4.78 is 0.998. The fraction of sp³-hybridized carbons (Fsp3) is 0.111. The van der Waals surface area contributed by atoms with Gasteiger partial charge in [0.15, 0.2) is 0 Å². The number of nitriles is 1. The monoisotopic (exact) mass is 238 g/mol. The number of hydrogen-bond donors (Lipinski definition) is 1. The van der Waals surface area contributed by atoms with E-state index in [1.807, 2.05) is 29.7 Å². The Balaban J connectivity index is 2.41. The van der Waals surface area contributed by atoms with Crippen molar-refractivity contribution in [3.8, 4) is 5.40 Å². The third kappa shape index (κ3) is 1.87. The van der Waals surface area contributed by atoms with Crippen molar-refractivity contribution in [3.05, 3.63) is 29.3 Å². The molecule has 1 aromatic heterocycles. The third-order valence-corrected chi connectivity index (χ3v) is 4.22. The third-order valence-electron chi connectivity index (χ3n) is 1.69. The Kier molecular flexibility index (Phi) is 2.96. The van der Waals surface area contributed by atoms with Crippen LogP contribution in [0, 0.1) is 10.7 Å². The summed E-state index contributed by atoms with van der Waals surface area (Å²) in [6, 6.07) is 7.92. The van der Waals surface area contributed by atoms with E-state index in [0.717, 1.165) is 27.0 Å². The SMILES string of the molecule is N#CSC(S)c1nc2ccccc2s1. The van der Waals surface area contributed by atoms with Crippen molar-refractivity contribution in [2.75, 3.05) is 0 Å². The maximum atomic E-state index is 8.51. The first-order chi connectivity index (χ1) is 6.81. The van der Waals surface area contributed by atoms with Crippen LogP contribution in [-0.4, -0.2) is 4.98 Å². The molecule has 1 atom stereocenters. The lowest BCUT2D eigenvalue weighted by Crippen LogP contribution is -1.80. The highest BCUT2D eigenvalue weighted by Crippen LogP contribution is 2.36. The van der Waals surface area contributed by atoms with E-state index in [1.165, 1.54) is 0 Å². The molecule has 2 rings (SSSR count). The summed E-state index contributed by atoms with van der Waals surface area (Å²) in [5.74, 6) is 0. The lowest BCUT2D eigenvalue weighted by atomic mass is 10.3. The van der Waals surface area contributed by atoms with E-state index >= 15 is 0 Å². The lowest BCUT2D eigenvalue weighted by Gasteiger charge is -1.97. The van der Waals surface area contributed by atoms with Crippen molar-refractivity contribution in [2.45, 2.75) is 4.58 Å². The Labute approximate surface area is 95.4 Å². The molecule has 0 aliphatic rings. The normalized spacial score (nSPS) is 12.6. The largest absolute Gasteiger partial charge is 0.239 e. The Bertz CT molecular complexity index is 453. The zero-order chi connectivity index (χ0) is 9.97. The molecule has 0 amide bonds. The number of fused-ring (bicyclic) bond motifs is 1. The molecule has 14 heavy (non-hydrogen) atoms. The van der Waals surface area contributed by atoms with Gasteiger partial charge in [-0.1, -0.05) is 12.1 Å². The first-order valence-corrected chi connectivity index (χ1v) is 6.11. The standard InChI is InChI=1S/C9H6N2S3/c10-5-13-9(12)8-11-6-3-1-2-4-7(6)14-8/h1-4,9,12H. The van der Waals surface area contributed by atoms with Gasteiger partial charge in [0, 0.05) is 0 Å². The van der Waals surface area contributed by atoms with Crippen LogP contribution >= 0.6 is 35.7 Å². The van der Waals surface area contributed by atoms with Crippen LogP contribution in [0.2, 0.25) is 0 Å². The first-order valence-electron chi connectivity index (χ1n) is 3.89. The van der Waals surface area contributed by atoms with Gasteiger partial charge < -0.3 is 0 Å². The number of thiazole rings is 1. The van der Waals surface area contributed by atoms with Gasteiger partial charge in [0.25, 0.3) is 0 Å². The fourth-order valence-electron chi connectivity index (χ4n) is 1.10. The van der Waals surface area contributed by atoms with Gasteiger partial charge in [-0.05, 0) is 23.9 Å². The van der Waals surface area contributed by atoms with E-state index in [2.05, 4.69) is 17.6 Å². The van der Waals surface area contributed by atoms with E-state index < -0.39 is 0 Å². The predicted octanol–water partition coefficient (Wildman–Crippen LogP) is 3.44. The average Bonchev–Trinajstić information content (AvgIpc) is 2.61. The minimum atomic E-state index is -0.141. The number of thiol groups is 1. The maximum Gasteiger partial charge on any atom is 0.134 e.